The number of nitrogens with one attached hydrogen (secondary N) is 1. The highest BCUT2D eigenvalue weighted by Gasteiger charge is 2.17. The van der Waals surface area contributed by atoms with Crippen LogP contribution in [0.5, 0.6) is 5.75 Å². The number of methoxy groups -OCH3 is 2. The SMILES string of the molecule is CCNC(CSc1ccc(OC)cc1)C(=O)OC. The summed E-state index contributed by atoms with van der Waals surface area (Å²) in [5.41, 5.74) is 0. The molecule has 1 unspecified atom stereocenters. The zero-order valence-corrected chi connectivity index (χ0v) is 11.8. The first-order valence-corrected chi connectivity index (χ1v) is 6.77. The van der Waals surface area contributed by atoms with E-state index in [1.807, 2.05) is 31.2 Å². The number of rotatable bonds is 7. The van der Waals surface area contributed by atoms with Gasteiger partial charge >= 0.3 is 5.97 Å². The quantitative estimate of drug-likeness (QED) is 0.605. The van der Waals surface area contributed by atoms with E-state index in [1.165, 1.54) is 7.11 Å². The van der Waals surface area contributed by atoms with Crippen molar-refractivity contribution in [3.05, 3.63) is 24.3 Å². The highest BCUT2D eigenvalue weighted by atomic mass is 32.2. The molecule has 0 radical (unpaired) electrons. The van der Waals surface area contributed by atoms with Crippen molar-refractivity contribution >= 4 is 17.7 Å². The topological polar surface area (TPSA) is 47.6 Å². The highest BCUT2D eigenvalue weighted by Crippen LogP contribution is 2.22. The Morgan fingerprint density at radius 2 is 2.00 bits per heavy atom. The van der Waals surface area contributed by atoms with Crippen LogP contribution in [0.2, 0.25) is 0 Å². The van der Waals surface area contributed by atoms with E-state index in [2.05, 4.69) is 5.32 Å². The summed E-state index contributed by atoms with van der Waals surface area (Å²) in [6.45, 7) is 2.71. The number of benzene rings is 1. The third-order valence-corrected chi connectivity index (χ3v) is 3.52. The Morgan fingerprint density at radius 3 is 2.50 bits per heavy atom. The number of hydrogen-bond acceptors (Lipinski definition) is 5. The number of carbonyl (C=O) groups excluding carboxylic acids is 1. The van der Waals surface area contributed by atoms with Gasteiger partial charge in [0.15, 0.2) is 0 Å². The molecule has 0 aromatic heterocycles. The minimum atomic E-state index is -0.271. The first kappa shape index (κ1) is 14.9. The van der Waals surface area contributed by atoms with Crippen LogP contribution >= 0.6 is 11.8 Å². The smallest absolute Gasteiger partial charge is 0.323 e. The average molecular weight is 269 g/mol. The van der Waals surface area contributed by atoms with Gasteiger partial charge in [-0.3, -0.25) is 4.79 Å². The average Bonchev–Trinajstić information content (AvgIpc) is 2.43. The van der Waals surface area contributed by atoms with Crippen molar-refractivity contribution in [3.63, 3.8) is 0 Å². The van der Waals surface area contributed by atoms with Crippen molar-refractivity contribution in [1.29, 1.82) is 0 Å². The summed E-state index contributed by atoms with van der Waals surface area (Å²) in [5, 5.41) is 3.11. The molecule has 0 fully saturated rings. The van der Waals surface area contributed by atoms with Crippen LogP contribution in [0.25, 0.3) is 0 Å². The number of carbonyl (C=O) groups is 1. The molecule has 0 heterocycles. The molecule has 0 bridgehead atoms. The van der Waals surface area contributed by atoms with Gasteiger partial charge in [0.05, 0.1) is 14.2 Å². The molecule has 0 spiro atoms. The Hall–Kier alpha value is -1.20. The normalized spacial score (nSPS) is 11.9. The molecule has 1 rings (SSSR count). The fraction of sp³-hybridized carbons (Fsp3) is 0.462. The molecule has 0 aliphatic heterocycles. The van der Waals surface area contributed by atoms with Crippen LogP contribution in [0.15, 0.2) is 29.2 Å². The highest BCUT2D eigenvalue weighted by molar-refractivity contribution is 7.99. The molecule has 18 heavy (non-hydrogen) atoms. The number of thioether (sulfide) groups is 1. The second-order valence-electron chi connectivity index (χ2n) is 3.62. The minimum Gasteiger partial charge on any atom is -0.497 e. The van der Waals surface area contributed by atoms with E-state index in [1.54, 1.807) is 18.9 Å². The van der Waals surface area contributed by atoms with Gasteiger partial charge in [-0.15, -0.1) is 11.8 Å². The second kappa shape index (κ2) is 8.00. The van der Waals surface area contributed by atoms with Crippen molar-refractivity contribution in [2.75, 3.05) is 26.5 Å². The lowest BCUT2D eigenvalue weighted by Crippen LogP contribution is -2.39. The van der Waals surface area contributed by atoms with Crippen LogP contribution in [0.1, 0.15) is 6.92 Å². The van der Waals surface area contributed by atoms with Gasteiger partial charge in [0, 0.05) is 10.6 Å². The Bertz CT molecular complexity index is 367. The lowest BCUT2D eigenvalue weighted by molar-refractivity contribution is -0.142. The van der Waals surface area contributed by atoms with Crippen molar-refractivity contribution in [1.82, 2.24) is 5.32 Å². The van der Waals surface area contributed by atoms with Gasteiger partial charge in [-0.25, -0.2) is 0 Å². The maximum Gasteiger partial charge on any atom is 0.323 e. The molecular formula is C13H19NO3S. The van der Waals surface area contributed by atoms with Crippen LogP contribution in [-0.2, 0) is 9.53 Å². The first-order chi connectivity index (χ1) is 8.71. The maximum atomic E-state index is 11.5. The zero-order valence-electron chi connectivity index (χ0n) is 10.9. The monoisotopic (exact) mass is 269 g/mol. The fourth-order valence-electron chi connectivity index (χ4n) is 1.45. The van der Waals surface area contributed by atoms with Gasteiger partial charge in [0.1, 0.15) is 11.8 Å². The van der Waals surface area contributed by atoms with Crippen LogP contribution in [0, 0.1) is 0 Å². The van der Waals surface area contributed by atoms with Crippen LogP contribution in [0.4, 0.5) is 0 Å². The van der Waals surface area contributed by atoms with Gasteiger partial charge in [-0.2, -0.15) is 0 Å². The van der Waals surface area contributed by atoms with E-state index >= 15 is 0 Å². The lowest BCUT2D eigenvalue weighted by atomic mass is 10.3. The molecule has 5 heteroatoms. The molecule has 100 valence electrons. The summed E-state index contributed by atoms with van der Waals surface area (Å²) in [7, 11) is 3.05. The van der Waals surface area contributed by atoms with Gasteiger partial charge in [0.2, 0.25) is 0 Å². The summed E-state index contributed by atoms with van der Waals surface area (Å²) in [4.78, 5) is 12.6. The number of likely N-dealkylation sites (N-methyl/N-ethyl adjacent to an activating group) is 1. The summed E-state index contributed by atoms with van der Waals surface area (Å²) in [6.07, 6.45) is 0. The maximum absolute atomic E-state index is 11.5. The Balaban J connectivity index is 2.52. The lowest BCUT2D eigenvalue weighted by Gasteiger charge is -2.14. The van der Waals surface area contributed by atoms with Crippen LogP contribution in [-0.4, -0.2) is 38.5 Å². The molecule has 0 amide bonds. The predicted octanol–water partition coefficient (Wildman–Crippen LogP) is 1.94. The molecule has 1 aromatic rings. The third kappa shape index (κ3) is 4.58. The van der Waals surface area contributed by atoms with Crippen LogP contribution < -0.4 is 10.1 Å². The van der Waals surface area contributed by atoms with E-state index in [0.717, 1.165) is 17.2 Å². The van der Waals surface area contributed by atoms with E-state index in [0.29, 0.717) is 5.75 Å². The molecule has 0 saturated carbocycles. The van der Waals surface area contributed by atoms with Gasteiger partial charge in [-0.1, -0.05) is 6.92 Å². The molecule has 0 aliphatic carbocycles. The molecule has 1 N–H and O–H groups in total. The van der Waals surface area contributed by atoms with Crippen molar-refractivity contribution in [2.45, 2.75) is 17.9 Å². The summed E-state index contributed by atoms with van der Waals surface area (Å²) >= 11 is 1.61. The molecule has 1 atom stereocenters. The van der Waals surface area contributed by atoms with Crippen molar-refractivity contribution < 1.29 is 14.3 Å². The zero-order chi connectivity index (χ0) is 13.4. The predicted molar refractivity (Wildman–Crippen MR) is 73.2 cm³/mol. The molecule has 0 aliphatic rings. The first-order valence-electron chi connectivity index (χ1n) is 5.79. The van der Waals surface area contributed by atoms with E-state index in [-0.39, 0.29) is 12.0 Å². The van der Waals surface area contributed by atoms with Gasteiger partial charge in [-0.05, 0) is 30.8 Å². The van der Waals surface area contributed by atoms with E-state index in [4.69, 9.17) is 9.47 Å². The second-order valence-corrected chi connectivity index (χ2v) is 4.71. The summed E-state index contributed by atoms with van der Waals surface area (Å²) < 4.78 is 9.85. The standard InChI is InChI=1S/C13H19NO3S/c1-4-14-12(13(15)17-3)9-18-11-7-5-10(16-2)6-8-11/h5-8,12,14H,4,9H2,1-3H3. The van der Waals surface area contributed by atoms with E-state index in [9.17, 15) is 4.79 Å². The molecule has 1 aromatic carbocycles. The Morgan fingerprint density at radius 1 is 1.33 bits per heavy atom. The summed E-state index contributed by atoms with van der Waals surface area (Å²) in [6, 6.07) is 7.49. The van der Waals surface area contributed by atoms with Gasteiger partial charge < -0.3 is 14.8 Å². The minimum absolute atomic E-state index is 0.224. The molecule has 4 nitrogen and oxygen atoms in total. The summed E-state index contributed by atoms with van der Waals surface area (Å²) in [5.74, 6) is 1.25. The van der Waals surface area contributed by atoms with Gasteiger partial charge in [0.25, 0.3) is 0 Å². The molecular weight excluding hydrogens is 250 g/mol. The van der Waals surface area contributed by atoms with Crippen molar-refractivity contribution in [2.24, 2.45) is 0 Å². The number of esters is 1. The third-order valence-electron chi connectivity index (χ3n) is 2.41. The fourth-order valence-corrected chi connectivity index (χ4v) is 2.39. The Kier molecular flexibility index (Phi) is 6.60. The van der Waals surface area contributed by atoms with Crippen LogP contribution in [0.3, 0.4) is 0 Å². The molecule has 0 saturated heterocycles. The Labute approximate surface area is 112 Å². The largest absolute Gasteiger partial charge is 0.497 e. The number of ether oxygens (including phenoxy) is 2. The van der Waals surface area contributed by atoms with E-state index < -0.39 is 0 Å². The number of hydrogen-bond donors (Lipinski definition) is 1. The van der Waals surface area contributed by atoms with Crippen molar-refractivity contribution in [3.8, 4) is 5.75 Å².